The summed E-state index contributed by atoms with van der Waals surface area (Å²) in [6.45, 7) is 13.1. The molecule has 0 radical (unpaired) electrons. The molecule has 2 aliphatic rings. The van der Waals surface area contributed by atoms with Crippen molar-refractivity contribution >= 4 is 0 Å². The molecule has 2 N–H and O–H groups in total. The van der Waals surface area contributed by atoms with Crippen molar-refractivity contribution in [2.75, 3.05) is 52.5 Å². The van der Waals surface area contributed by atoms with E-state index in [0.29, 0.717) is 11.5 Å². The largest absolute Gasteiger partial charge is 0.381 e. The van der Waals surface area contributed by atoms with Crippen LogP contribution in [0.25, 0.3) is 0 Å². The number of ether oxygens (including phenoxy) is 1. The minimum absolute atomic E-state index is 0.318. The van der Waals surface area contributed by atoms with Gasteiger partial charge in [0.15, 0.2) is 0 Å². The molecule has 2 fully saturated rings. The van der Waals surface area contributed by atoms with Crippen LogP contribution >= 0.6 is 0 Å². The summed E-state index contributed by atoms with van der Waals surface area (Å²) in [5.41, 5.74) is 6.36. The van der Waals surface area contributed by atoms with E-state index < -0.39 is 0 Å². The third-order valence-corrected chi connectivity index (χ3v) is 4.68. The van der Waals surface area contributed by atoms with E-state index in [0.717, 1.165) is 32.6 Å². The molecule has 2 aliphatic heterocycles. The highest BCUT2D eigenvalue weighted by molar-refractivity contribution is 4.88. The number of hydrogen-bond acceptors (Lipinski definition) is 4. The molecule has 18 heavy (non-hydrogen) atoms. The zero-order chi connectivity index (χ0) is 13.0. The lowest BCUT2D eigenvalue weighted by atomic mass is 9.79. The summed E-state index contributed by atoms with van der Waals surface area (Å²) in [5, 5.41) is 0. The van der Waals surface area contributed by atoms with E-state index in [1.54, 1.807) is 0 Å². The van der Waals surface area contributed by atoms with E-state index in [1.165, 1.54) is 32.7 Å². The maximum Gasteiger partial charge on any atom is 0.0472 e. The standard InChI is InChI=1S/C14H29N3O/c1-13(2)17-7-5-16(6-8-17)12-14(11-15)3-9-18-10-4-14/h13H,3-12,15H2,1-2H3. The summed E-state index contributed by atoms with van der Waals surface area (Å²) >= 11 is 0. The molecule has 0 atom stereocenters. The van der Waals surface area contributed by atoms with Crippen LogP contribution in [-0.2, 0) is 4.74 Å². The lowest BCUT2D eigenvalue weighted by molar-refractivity contribution is -0.0102. The van der Waals surface area contributed by atoms with E-state index in [2.05, 4.69) is 23.6 Å². The van der Waals surface area contributed by atoms with E-state index in [1.807, 2.05) is 0 Å². The van der Waals surface area contributed by atoms with Crippen molar-refractivity contribution in [2.45, 2.75) is 32.7 Å². The first kappa shape index (κ1) is 14.3. The molecule has 4 nitrogen and oxygen atoms in total. The third-order valence-electron chi connectivity index (χ3n) is 4.68. The number of piperazine rings is 1. The summed E-state index contributed by atoms with van der Waals surface area (Å²) in [6, 6.07) is 0.679. The van der Waals surface area contributed by atoms with Gasteiger partial charge in [-0.15, -0.1) is 0 Å². The molecule has 0 amide bonds. The zero-order valence-electron chi connectivity index (χ0n) is 12.0. The van der Waals surface area contributed by atoms with Gasteiger partial charge in [0.25, 0.3) is 0 Å². The van der Waals surface area contributed by atoms with Crippen molar-refractivity contribution in [3.05, 3.63) is 0 Å². The Hall–Kier alpha value is -0.160. The van der Waals surface area contributed by atoms with Crippen LogP contribution in [0.3, 0.4) is 0 Å². The fourth-order valence-corrected chi connectivity index (χ4v) is 3.14. The van der Waals surface area contributed by atoms with Crippen LogP contribution in [0.2, 0.25) is 0 Å². The Morgan fingerprint density at radius 2 is 1.72 bits per heavy atom. The molecule has 0 aromatic heterocycles. The SMILES string of the molecule is CC(C)N1CCN(CC2(CN)CCOCC2)CC1. The van der Waals surface area contributed by atoms with Gasteiger partial charge in [0.1, 0.15) is 0 Å². The van der Waals surface area contributed by atoms with Crippen molar-refractivity contribution in [1.29, 1.82) is 0 Å². The van der Waals surface area contributed by atoms with Crippen molar-refractivity contribution < 1.29 is 4.74 Å². The fourth-order valence-electron chi connectivity index (χ4n) is 3.14. The van der Waals surface area contributed by atoms with Gasteiger partial charge in [0, 0.05) is 52.0 Å². The van der Waals surface area contributed by atoms with Gasteiger partial charge in [0.2, 0.25) is 0 Å². The maximum atomic E-state index is 6.04. The second kappa shape index (κ2) is 6.33. The van der Waals surface area contributed by atoms with Crippen LogP contribution < -0.4 is 5.73 Å². The highest BCUT2D eigenvalue weighted by Crippen LogP contribution is 2.30. The van der Waals surface area contributed by atoms with Crippen molar-refractivity contribution in [3.8, 4) is 0 Å². The Labute approximate surface area is 111 Å². The molecule has 2 rings (SSSR count). The second-order valence-electron chi connectivity index (χ2n) is 6.22. The molecule has 2 heterocycles. The topological polar surface area (TPSA) is 41.7 Å². The van der Waals surface area contributed by atoms with Crippen molar-refractivity contribution in [2.24, 2.45) is 11.1 Å². The molecule has 0 unspecified atom stereocenters. The monoisotopic (exact) mass is 255 g/mol. The molecule has 0 spiro atoms. The van der Waals surface area contributed by atoms with E-state index in [-0.39, 0.29) is 0 Å². The van der Waals surface area contributed by atoms with Gasteiger partial charge < -0.3 is 15.4 Å². The van der Waals surface area contributed by atoms with Gasteiger partial charge >= 0.3 is 0 Å². The summed E-state index contributed by atoms with van der Waals surface area (Å²) in [7, 11) is 0. The molecular weight excluding hydrogens is 226 g/mol. The molecule has 0 aromatic carbocycles. The minimum atomic E-state index is 0.318. The Morgan fingerprint density at radius 1 is 1.11 bits per heavy atom. The normalized spacial score (nSPS) is 26.7. The lowest BCUT2D eigenvalue weighted by Crippen LogP contribution is -2.53. The number of rotatable bonds is 4. The van der Waals surface area contributed by atoms with Gasteiger partial charge in [-0.1, -0.05) is 0 Å². The molecular formula is C14H29N3O. The van der Waals surface area contributed by atoms with Crippen LogP contribution in [0, 0.1) is 5.41 Å². The smallest absolute Gasteiger partial charge is 0.0472 e. The highest BCUT2D eigenvalue weighted by atomic mass is 16.5. The molecule has 0 saturated carbocycles. The van der Waals surface area contributed by atoms with Gasteiger partial charge in [-0.2, -0.15) is 0 Å². The van der Waals surface area contributed by atoms with Crippen LogP contribution in [0.4, 0.5) is 0 Å². The number of nitrogens with zero attached hydrogens (tertiary/aromatic N) is 2. The summed E-state index contributed by atoms with van der Waals surface area (Å²) in [6.07, 6.45) is 2.27. The summed E-state index contributed by atoms with van der Waals surface area (Å²) in [5.74, 6) is 0. The Kier molecular flexibility index (Phi) is 5.01. The molecule has 2 saturated heterocycles. The van der Waals surface area contributed by atoms with Crippen LogP contribution in [0.5, 0.6) is 0 Å². The van der Waals surface area contributed by atoms with Gasteiger partial charge in [-0.3, -0.25) is 4.90 Å². The minimum Gasteiger partial charge on any atom is -0.381 e. The predicted molar refractivity (Wildman–Crippen MR) is 74.7 cm³/mol. The predicted octanol–water partition coefficient (Wildman–Crippen LogP) is 0.768. The van der Waals surface area contributed by atoms with Crippen molar-refractivity contribution in [1.82, 2.24) is 9.80 Å². The Bertz CT molecular complexity index is 243. The fraction of sp³-hybridized carbons (Fsp3) is 1.00. The molecule has 0 bridgehead atoms. The molecule has 106 valence electrons. The average molecular weight is 255 g/mol. The van der Waals surface area contributed by atoms with E-state index in [4.69, 9.17) is 10.5 Å². The Morgan fingerprint density at radius 3 is 2.22 bits per heavy atom. The van der Waals surface area contributed by atoms with Gasteiger partial charge in [-0.25, -0.2) is 0 Å². The number of hydrogen-bond donors (Lipinski definition) is 1. The third kappa shape index (κ3) is 3.44. The first-order chi connectivity index (χ1) is 8.65. The van der Waals surface area contributed by atoms with Crippen LogP contribution in [-0.4, -0.2) is 68.3 Å². The summed E-state index contributed by atoms with van der Waals surface area (Å²) < 4.78 is 5.48. The Balaban J connectivity index is 1.82. The molecule has 0 aliphatic carbocycles. The average Bonchev–Trinajstić information content (AvgIpc) is 2.40. The second-order valence-corrected chi connectivity index (χ2v) is 6.22. The zero-order valence-corrected chi connectivity index (χ0v) is 12.0. The maximum absolute atomic E-state index is 6.04. The van der Waals surface area contributed by atoms with Crippen molar-refractivity contribution in [3.63, 3.8) is 0 Å². The molecule has 0 aromatic rings. The quantitative estimate of drug-likeness (QED) is 0.805. The number of nitrogens with two attached hydrogens (primary N) is 1. The van der Waals surface area contributed by atoms with E-state index >= 15 is 0 Å². The first-order valence-electron chi connectivity index (χ1n) is 7.39. The van der Waals surface area contributed by atoms with Crippen LogP contribution in [0.1, 0.15) is 26.7 Å². The highest BCUT2D eigenvalue weighted by Gasteiger charge is 2.34. The lowest BCUT2D eigenvalue weighted by Gasteiger charge is -2.44. The van der Waals surface area contributed by atoms with Crippen LogP contribution in [0.15, 0.2) is 0 Å². The van der Waals surface area contributed by atoms with Gasteiger partial charge in [0.05, 0.1) is 0 Å². The summed E-state index contributed by atoms with van der Waals surface area (Å²) in [4.78, 5) is 5.17. The molecule has 4 heteroatoms. The van der Waals surface area contributed by atoms with E-state index in [9.17, 15) is 0 Å². The first-order valence-corrected chi connectivity index (χ1v) is 7.39. The van der Waals surface area contributed by atoms with Gasteiger partial charge in [-0.05, 0) is 38.6 Å².